The maximum Gasteiger partial charge on any atom is 0.439 e. The van der Waals surface area contributed by atoms with E-state index in [4.69, 9.17) is 4.74 Å². The summed E-state index contributed by atoms with van der Waals surface area (Å²) in [6, 6.07) is 16.0. The van der Waals surface area contributed by atoms with Crippen LogP contribution in [0, 0.1) is 0 Å². The molecule has 8 nitrogen and oxygen atoms in total. The van der Waals surface area contributed by atoms with Crippen LogP contribution in [0.4, 0.5) is 5.69 Å². The highest BCUT2D eigenvalue weighted by atomic mass is 32.1. The number of nitrogens with one attached hydrogen (secondary N) is 2. The first kappa shape index (κ1) is 22.2. The molecule has 0 aliphatic rings. The van der Waals surface area contributed by atoms with Gasteiger partial charge in [0.15, 0.2) is 17.2 Å². The molecule has 2 aromatic heterocycles. The van der Waals surface area contributed by atoms with E-state index >= 15 is 0 Å². The van der Waals surface area contributed by atoms with E-state index in [1.54, 1.807) is 44.2 Å². The van der Waals surface area contributed by atoms with Crippen LogP contribution < -0.4 is 15.8 Å². The Labute approximate surface area is 193 Å². The molecule has 0 fully saturated rings. The zero-order valence-electron chi connectivity index (χ0n) is 18.2. The van der Waals surface area contributed by atoms with Gasteiger partial charge in [-0.3, -0.25) is 19.1 Å². The SMILES string of the molecule is CC(=O)c1ccc(OC(C)(C)C(=O)Nc2cccc(-c3csc(-c4noc(=O)[nH]4)c3)c2)cc1. The van der Waals surface area contributed by atoms with Crippen LogP contribution in [-0.4, -0.2) is 27.4 Å². The van der Waals surface area contributed by atoms with Crippen LogP contribution in [0.3, 0.4) is 0 Å². The Morgan fingerprint density at radius 1 is 1.09 bits per heavy atom. The molecule has 2 N–H and O–H groups in total. The molecule has 2 heterocycles. The Balaban J connectivity index is 1.47. The number of benzene rings is 2. The third-order valence-electron chi connectivity index (χ3n) is 4.91. The molecule has 0 bridgehead atoms. The van der Waals surface area contributed by atoms with Gasteiger partial charge in [-0.05, 0) is 79.7 Å². The standard InChI is InChI=1S/C24H21N3O5S/c1-14(28)15-7-9-19(10-8-15)31-24(2,3)22(29)25-18-6-4-5-16(11-18)17-12-20(33-13-17)21-26-23(30)32-27-21/h4-13H,1-3H3,(H,25,29)(H,26,27,30). The van der Waals surface area contributed by atoms with Crippen molar-refractivity contribution in [2.75, 3.05) is 5.32 Å². The number of H-pyrrole nitrogens is 1. The predicted octanol–water partition coefficient (Wildman–Crippen LogP) is 4.76. The second-order valence-corrected chi connectivity index (χ2v) is 8.78. The Morgan fingerprint density at radius 3 is 2.52 bits per heavy atom. The summed E-state index contributed by atoms with van der Waals surface area (Å²) in [5.74, 6) is -0.0993. The highest BCUT2D eigenvalue weighted by Gasteiger charge is 2.30. The van der Waals surface area contributed by atoms with E-state index in [0.29, 0.717) is 22.8 Å². The fourth-order valence-corrected chi connectivity index (χ4v) is 3.96. The molecular formula is C24H21N3O5S. The van der Waals surface area contributed by atoms with Crippen molar-refractivity contribution >= 4 is 28.7 Å². The molecule has 0 radical (unpaired) electrons. The molecule has 4 aromatic rings. The average molecular weight is 464 g/mol. The lowest BCUT2D eigenvalue weighted by molar-refractivity contribution is -0.128. The first-order chi connectivity index (χ1) is 15.7. The zero-order valence-corrected chi connectivity index (χ0v) is 19.0. The van der Waals surface area contributed by atoms with Gasteiger partial charge in [0.05, 0.1) is 4.88 Å². The third-order valence-corrected chi connectivity index (χ3v) is 5.84. The first-order valence-electron chi connectivity index (χ1n) is 10.1. The van der Waals surface area contributed by atoms with Gasteiger partial charge in [-0.25, -0.2) is 4.79 Å². The Morgan fingerprint density at radius 2 is 1.85 bits per heavy atom. The van der Waals surface area contributed by atoms with Crippen molar-refractivity contribution in [2.45, 2.75) is 26.4 Å². The molecule has 0 atom stereocenters. The molecule has 0 spiro atoms. The second-order valence-electron chi connectivity index (χ2n) is 7.87. The molecule has 0 saturated heterocycles. The second kappa shape index (κ2) is 8.87. The van der Waals surface area contributed by atoms with Crippen LogP contribution in [0.5, 0.6) is 5.75 Å². The topological polar surface area (TPSA) is 114 Å². The van der Waals surface area contributed by atoms with E-state index in [0.717, 1.165) is 16.0 Å². The van der Waals surface area contributed by atoms with Gasteiger partial charge in [0.25, 0.3) is 5.91 Å². The molecule has 33 heavy (non-hydrogen) atoms. The summed E-state index contributed by atoms with van der Waals surface area (Å²) in [6.07, 6.45) is 0. The predicted molar refractivity (Wildman–Crippen MR) is 126 cm³/mol. The molecule has 9 heteroatoms. The molecule has 0 saturated carbocycles. The normalized spacial score (nSPS) is 11.2. The lowest BCUT2D eigenvalue weighted by atomic mass is 10.1. The minimum absolute atomic E-state index is 0.0366. The number of ether oxygens (including phenoxy) is 1. The number of nitrogens with zero attached hydrogens (tertiary/aromatic N) is 1. The van der Waals surface area contributed by atoms with Crippen molar-refractivity contribution in [3.63, 3.8) is 0 Å². The van der Waals surface area contributed by atoms with Gasteiger partial charge in [-0.2, -0.15) is 0 Å². The van der Waals surface area contributed by atoms with Crippen molar-refractivity contribution in [3.05, 3.63) is 76.1 Å². The fourth-order valence-electron chi connectivity index (χ4n) is 3.10. The first-order valence-corrected chi connectivity index (χ1v) is 11.0. The van der Waals surface area contributed by atoms with Crippen LogP contribution in [0.15, 0.2) is 69.3 Å². The lowest BCUT2D eigenvalue weighted by Crippen LogP contribution is -2.42. The van der Waals surface area contributed by atoms with Crippen molar-refractivity contribution in [1.29, 1.82) is 0 Å². The minimum atomic E-state index is -1.15. The Hall–Kier alpha value is -3.98. The number of aromatic amines is 1. The van der Waals surface area contributed by atoms with E-state index in [2.05, 4.69) is 20.0 Å². The number of Topliss-reactive ketones (excluding diaryl/α,β-unsaturated/α-hetero) is 1. The Bertz CT molecular complexity index is 1370. The summed E-state index contributed by atoms with van der Waals surface area (Å²) >= 11 is 1.42. The monoisotopic (exact) mass is 463 g/mol. The van der Waals surface area contributed by atoms with Gasteiger partial charge in [-0.15, -0.1) is 11.3 Å². The molecule has 0 aliphatic carbocycles. The number of aromatic nitrogens is 2. The maximum atomic E-state index is 12.9. The quantitative estimate of drug-likeness (QED) is 0.382. The van der Waals surface area contributed by atoms with Crippen molar-refractivity contribution in [1.82, 2.24) is 10.1 Å². The molecular weight excluding hydrogens is 442 g/mol. The largest absolute Gasteiger partial charge is 0.478 e. The molecule has 0 unspecified atom stereocenters. The van der Waals surface area contributed by atoms with Crippen LogP contribution in [0.25, 0.3) is 21.8 Å². The van der Waals surface area contributed by atoms with E-state index in [1.807, 2.05) is 29.6 Å². The van der Waals surface area contributed by atoms with Crippen molar-refractivity contribution < 1.29 is 18.8 Å². The summed E-state index contributed by atoms with van der Waals surface area (Å²) in [6.45, 7) is 4.84. The number of carbonyl (C=O) groups is 2. The molecule has 0 aliphatic heterocycles. The van der Waals surface area contributed by atoms with E-state index in [-0.39, 0.29) is 11.7 Å². The number of hydrogen-bond donors (Lipinski definition) is 2. The highest BCUT2D eigenvalue weighted by Crippen LogP contribution is 2.32. The summed E-state index contributed by atoms with van der Waals surface area (Å²) in [5.41, 5.74) is 1.84. The van der Waals surface area contributed by atoms with Crippen LogP contribution >= 0.6 is 11.3 Å². The van der Waals surface area contributed by atoms with Crippen LogP contribution in [0.2, 0.25) is 0 Å². The highest BCUT2D eigenvalue weighted by molar-refractivity contribution is 7.13. The van der Waals surface area contributed by atoms with Crippen molar-refractivity contribution in [3.8, 4) is 27.6 Å². The molecule has 2 aromatic carbocycles. The molecule has 1 amide bonds. The minimum Gasteiger partial charge on any atom is -0.478 e. The van der Waals surface area contributed by atoms with Crippen molar-refractivity contribution in [2.24, 2.45) is 0 Å². The van der Waals surface area contributed by atoms with Gasteiger partial charge in [0, 0.05) is 11.3 Å². The Kier molecular flexibility index (Phi) is 5.97. The summed E-state index contributed by atoms with van der Waals surface area (Å²) in [4.78, 5) is 38.8. The van der Waals surface area contributed by atoms with Crippen LogP contribution in [0.1, 0.15) is 31.1 Å². The van der Waals surface area contributed by atoms with E-state index in [9.17, 15) is 14.4 Å². The lowest BCUT2D eigenvalue weighted by Gasteiger charge is -2.25. The number of amides is 1. The number of hydrogen-bond acceptors (Lipinski definition) is 7. The van der Waals surface area contributed by atoms with Crippen LogP contribution in [-0.2, 0) is 4.79 Å². The molecule has 4 rings (SSSR count). The van der Waals surface area contributed by atoms with Gasteiger partial charge in [0.2, 0.25) is 0 Å². The summed E-state index contributed by atoms with van der Waals surface area (Å²) in [5, 5.41) is 8.53. The number of rotatable bonds is 7. The fraction of sp³-hybridized carbons (Fsp3) is 0.167. The van der Waals surface area contributed by atoms with Gasteiger partial charge >= 0.3 is 5.76 Å². The number of anilines is 1. The number of ketones is 1. The van der Waals surface area contributed by atoms with Gasteiger partial charge in [-0.1, -0.05) is 17.3 Å². The third kappa shape index (κ3) is 5.09. The average Bonchev–Trinajstić information content (AvgIpc) is 3.43. The van der Waals surface area contributed by atoms with Gasteiger partial charge in [0.1, 0.15) is 5.75 Å². The zero-order chi connectivity index (χ0) is 23.6. The van der Waals surface area contributed by atoms with E-state index in [1.165, 1.54) is 18.3 Å². The maximum absolute atomic E-state index is 12.9. The summed E-state index contributed by atoms with van der Waals surface area (Å²) < 4.78 is 10.4. The smallest absolute Gasteiger partial charge is 0.439 e. The number of carbonyl (C=O) groups excluding carboxylic acids is 2. The number of thiophene rings is 1. The van der Waals surface area contributed by atoms with Gasteiger partial charge < -0.3 is 10.1 Å². The molecule has 168 valence electrons. The van der Waals surface area contributed by atoms with E-state index < -0.39 is 11.4 Å². The summed E-state index contributed by atoms with van der Waals surface area (Å²) in [7, 11) is 0.